The van der Waals surface area contributed by atoms with Gasteiger partial charge in [-0.1, -0.05) is 11.6 Å². The van der Waals surface area contributed by atoms with Crippen molar-refractivity contribution in [1.29, 1.82) is 0 Å². The minimum absolute atomic E-state index is 0.0906. The molecule has 1 aromatic heterocycles. The first-order valence-electron chi connectivity index (χ1n) is 10.5. The van der Waals surface area contributed by atoms with Crippen molar-refractivity contribution in [3.63, 3.8) is 0 Å². The number of methoxy groups -OCH3 is 1. The molecule has 1 aliphatic heterocycles. The van der Waals surface area contributed by atoms with Crippen LogP contribution >= 0.6 is 11.6 Å². The average Bonchev–Trinajstić information content (AvgIpc) is 3.35. The fourth-order valence-electron chi connectivity index (χ4n) is 4.40. The maximum Gasteiger partial charge on any atom is 0.573 e. The average molecular weight is 500 g/mol. The Balaban J connectivity index is 1.58. The standard InChI is InChI=1S/C23H22ClF4N3O3/c1-12-18-9-19(22(32)33-3)20(25)10-21(18)31(29-12)16-4-5-30(11-16)13(2)14-6-15(24)8-17(7-14)34-23(26,27)28/h6-10,13,16H,4-5,11H2,1-3H3/t13-,16?/m1/s1. The van der Waals surface area contributed by atoms with Crippen LogP contribution < -0.4 is 4.74 Å². The number of likely N-dealkylation sites (tertiary alicyclic amines) is 1. The van der Waals surface area contributed by atoms with Gasteiger partial charge in [0.05, 0.1) is 29.9 Å². The van der Waals surface area contributed by atoms with Crippen LogP contribution in [0.4, 0.5) is 17.6 Å². The molecule has 0 saturated carbocycles. The molecular formula is C23H22ClF4N3O3. The number of aryl methyl sites for hydroxylation is 1. The lowest BCUT2D eigenvalue weighted by Gasteiger charge is -2.25. The van der Waals surface area contributed by atoms with Crippen molar-refractivity contribution in [3.8, 4) is 5.75 Å². The molecular weight excluding hydrogens is 478 g/mol. The fourth-order valence-corrected chi connectivity index (χ4v) is 4.64. The van der Waals surface area contributed by atoms with Crippen LogP contribution in [0.15, 0.2) is 30.3 Å². The molecule has 11 heteroatoms. The molecule has 2 heterocycles. The molecule has 182 valence electrons. The van der Waals surface area contributed by atoms with Gasteiger partial charge in [-0.25, -0.2) is 9.18 Å². The van der Waals surface area contributed by atoms with Gasteiger partial charge in [-0.3, -0.25) is 9.58 Å². The minimum Gasteiger partial charge on any atom is -0.465 e. The van der Waals surface area contributed by atoms with Crippen LogP contribution in [0, 0.1) is 12.7 Å². The lowest BCUT2D eigenvalue weighted by atomic mass is 10.1. The van der Waals surface area contributed by atoms with Crippen LogP contribution in [-0.2, 0) is 4.74 Å². The van der Waals surface area contributed by atoms with Crippen molar-refractivity contribution in [2.24, 2.45) is 0 Å². The number of alkyl halides is 3. The van der Waals surface area contributed by atoms with Crippen LogP contribution in [0.3, 0.4) is 0 Å². The van der Waals surface area contributed by atoms with Gasteiger partial charge in [-0.2, -0.15) is 5.10 Å². The summed E-state index contributed by atoms with van der Waals surface area (Å²) >= 11 is 6.03. The van der Waals surface area contributed by atoms with E-state index in [1.54, 1.807) is 17.7 Å². The first kappa shape index (κ1) is 24.3. The second kappa shape index (κ2) is 9.07. The van der Waals surface area contributed by atoms with E-state index in [4.69, 9.17) is 11.6 Å². The van der Waals surface area contributed by atoms with Crippen LogP contribution in [0.2, 0.25) is 5.02 Å². The number of hydrogen-bond donors (Lipinski definition) is 0. The second-order valence-electron chi connectivity index (χ2n) is 8.25. The molecule has 0 bridgehead atoms. The highest BCUT2D eigenvalue weighted by Crippen LogP contribution is 2.36. The van der Waals surface area contributed by atoms with Crippen LogP contribution in [0.25, 0.3) is 10.9 Å². The summed E-state index contributed by atoms with van der Waals surface area (Å²) in [5.41, 5.74) is 1.64. The highest BCUT2D eigenvalue weighted by Gasteiger charge is 2.33. The molecule has 1 unspecified atom stereocenters. The predicted octanol–water partition coefficient (Wildman–Crippen LogP) is 5.83. The quantitative estimate of drug-likeness (QED) is 0.326. The summed E-state index contributed by atoms with van der Waals surface area (Å²) in [4.78, 5) is 13.9. The molecule has 1 saturated heterocycles. The minimum atomic E-state index is -4.81. The van der Waals surface area contributed by atoms with Gasteiger partial charge in [0.15, 0.2) is 0 Å². The number of halogens is 5. The van der Waals surface area contributed by atoms with Gasteiger partial charge in [-0.05, 0) is 50.1 Å². The smallest absolute Gasteiger partial charge is 0.465 e. The summed E-state index contributed by atoms with van der Waals surface area (Å²) in [6, 6.07) is 6.45. The Bertz CT molecular complexity index is 1240. The summed E-state index contributed by atoms with van der Waals surface area (Å²) < 4.78 is 63.0. The van der Waals surface area contributed by atoms with E-state index >= 15 is 0 Å². The van der Waals surface area contributed by atoms with E-state index in [2.05, 4.69) is 19.5 Å². The Morgan fingerprint density at radius 1 is 1.24 bits per heavy atom. The van der Waals surface area contributed by atoms with Gasteiger partial charge in [0.25, 0.3) is 0 Å². The predicted molar refractivity (Wildman–Crippen MR) is 118 cm³/mol. The zero-order valence-electron chi connectivity index (χ0n) is 18.6. The normalized spacial score (nSPS) is 17.8. The van der Waals surface area contributed by atoms with Gasteiger partial charge >= 0.3 is 12.3 Å². The molecule has 2 aromatic carbocycles. The summed E-state index contributed by atoms with van der Waals surface area (Å²) in [6.45, 7) is 4.85. The number of nitrogens with zero attached hydrogens (tertiary/aromatic N) is 3. The number of ether oxygens (including phenoxy) is 2. The number of rotatable bonds is 5. The third-order valence-corrected chi connectivity index (χ3v) is 6.30. The number of aromatic nitrogens is 2. The third kappa shape index (κ3) is 4.83. The number of carbonyl (C=O) groups is 1. The number of carbonyl (C=O) groups excluding carboxylic acids is 1. The van der Waals surface area contributed by atoms with E-state index in [1.807, 2.05) is 6.92 Å². The first-order chi connectivity index (χ1) is 16.0. The number of esters is 1. The molecule has 6 nitrogen and oxygen atoms in total. The van der Waals surface area contributed by atoms with E-state index in [0.717, 1.165) is 6.07 Å². The lowest BCUT2D eigenvalue weighted by Crippen LogP contribution is -2.25. The summed E-state index contributed by atoms with van der Waals surface area (Å²) in [5.74, 6) is -1.83. The van der Waals surface area contributed by atoms with E-state index in [0.29, 0.717) is 41.7 Å². The largest absolute Gasteiger partial charge is 0.573 e. The molecule has 34 heavy (non-hydrogen) atoms. The van der Waals surface area contributed by atoms with Gasteiger partial charge in [0.1, 0.15) is 11.6 Å². The van der Waals surface area contributed by atoms with Crippen LogP contribution in [0.5, 0.6) is 5.75 Å². The zero-order valence-corrected chi connectivity index (χ0v) is 19.4. The lowest BCUT2D eigenvalue weighted by molar-refractivity contribution is -0.274. The zero-order chi connectivity index (χ0) is 24.8. The fraction of sp³-hybridized carbons (Fsp3) is 0.391. The van der Waals surface area contributed by atoms with Gasteiger partial charge in [0.2, 0.25) is 0 Å². The SMILES string of the molecule is COC(=O)c1cc2c(C)nn(C3CCN([C@H](C)c4cc(Cl)cc(OC(F)(F)F)c4)C3)c2cc1F. The maximum absolute atomic E-state index is 14.6. The molecule has 2 atom stereocenters. The van der Waals surface area contributed by atoms with E-state index in [9.17, 15) is 22.4 Å². The molecule has 0 aliphatic carbocycles. The molecule has 0 radical (unpaired) electrons. The molecule has 3 aromatic rings. The second-order valence-corrected chi connectivity index (χ2v) is 8.69. The van der Waals surface area contributed by atoms with Crippen molar-refractivity contribution < 1.29 is 31.8 Å². The Morgan fingerprint density at radius 3 is 2.65 bits per heavy atom. The Labute approximate surface area is 198 Å². The molecule has 4 rings (SSSR count). The molecule has 1 fully saturated rings. The van der Waals surface area contributed by atoms with Gasteiger partial charge < -0.3 is 9.47 Å². The third-order valence-electron chi connectivity index (χ3n) is 6.08. The monoisotopic (exact) mass is 499 g/mol. The number of fused-ring (bicyclic) bond motifs is 1. The van der Waals surface area contributed by atoms with Gasteiger partial charge in [0, 0.05) is 35.6 Å². The van der Waals surface area contributed by atoms with Crippen molar-refractivity contribution >= 4 is 28.5 Å². The summed E-state index contributed by atoms with van der Waals surface area (Å²) in [7, 11) is 1.19. The Morgan fingerprint density at radius 2 is 1.97 bits per heavy atom. The van der Waals surface area contributed by atoms with Crippen molar-refractivity contribution in [3.05, 3.63) is 58.0 Å². The number of benzene rings is 2. The van der Waals surface area contributed by atoms with Crippen LogP contribution in [-0.4, -0.2) is 47.2 Å². The van der Waals surface area contributed by atoms with E-state index in [-0.39, 0.29) is 28.4 Å². The Hall–Kier alpha value is -2.85. The van der Waals surface area contributed by atoms with Crippen molar-refractivity contribution in [1.82, 2.24) is 14.7 Å². The molecule has 0 N–H and O–H groups in total. The summed E-state index contributed by atoms with van der Waals surface area (Å²) in [5, 5.41) is 5.37. The highest BCUT2D eigenvalue weighted by atomic mass is 35.5. The molecule has 0 amide bonds. The van der Waals surface area contributed by atoms with Gasteiger partial charge in [-0.15, -0.1) is 13.2 Å². The van der Waals surface area contributed by atoms with Crippen molar-refractivity contribution in [2.45, 2.75) is 38.7 Å². The maximum atomic E-state index is 14.6. The highest BCUT2D eigenvalue weighted by molar-refractivity contribution is 6.30. The molecule has 0 spiro atoms. The van der Waals surface area contributed by atoms with E-state index in [1.165, 1.54) is 25.3 Å². The first-order valence-corrected chi connectivity index (χ1v) is 10.9. The summed E-state index contributed by atoms with van der Waals surface area (Å²) in [6.07, 6.45) is -4.11. The topological polar surface area (TPSA) is 56.6 Å². The van der Waals surface area contributed by atoms with Crippen molar-refractivity contribution in [2.75, 3.05) is 20.2 Å². The van der Waals surface area contributed by atoms with E-state index < -0.39 is 18.1 Å². The van der Waals surface area contributed by atoms with Crippen LogP contribution in [0.1, 0.15) is 47.0 Å². The number of hydrogen-bond acceptors (Lipinski definition) is 5. The molecule has 1 aliphatic rings. The Kier molecular flexibility index (Phi) is 6.48.